The first-order chi connectivity index (χ1) is 15.8. The van der Waals surface area contributed by atoms with E-state index in [1.54, 1.807) is 36.4 Å². The smallest absolute Gasteiger partial charge is 0.344 e. The molecule has 0 fully saturated rings. The van der Waals surface area contributed by atoms with E-state index in [1.165, 1.54) is 17.8 Å². The molecule has 2 atom stereocenters. The fourth-order valence-electron chi connectivity index (χ4n) is 4.01. The van der Waals surface area contributed by atoms with Gasteiger partial charge in [-0.15, -0.1) is 11.8 Å². The maximum atomic E-state index is 13.0. The predicted molar refractivity (Wildman–Crippen MR) is 126 cm³/mol. The molecule has 0 bridgehead atoms. The summed E-state index contributed by atoms with van der Waals surface area (Å²) in [6.07, 6.45) is 7.57. The molecule has 8 nitrogen and oxygen atoms in total. The van der Waals surface area contributed by atoms with Crippen LogP contribution in [0.1, 0.15) is 29.8 Å². The fourth-order valence-corrected chi connectivity index (χ4v) is 4.46. The molecule has 2 aliphatic rings. The first kappa shape index (κ1) is 24.6. The van der Waals surface area contributed by atoms with Crippen LogP contribution in [0, 0.1) is 17.2 Å². The Hall–Kier alpha value is -3.07. The van der Waals surface area contributed by atoms with Crippen LogP contribution in [-0.2, 0) is 20.7 Å². The molecule has 0 saturated heterocycles. The summed E-state index contributed by atoms with van der Waals surface area (Å²) in [7, 11) is 0. The van der Waals surface area contributed by atoms with E-state index in [0.29, 0.717) is 29.3 Å². The number of rotatable bonds is 9. The summed E-state index contributed by atoms with van der Waals surface area (Å²) < 4.78 is 10.3. The molecule has 1 aliphatic carbocycles. The molecule has 9 heteroatoms. The number of phenolic OH excluding ortho intramolecular Hbond substituents is 1. The maximum Gasteiger partial charge on any atom is 0.344 e. The highest BCUT2D eigenvalue weighted by atomic mass is 32.2. The van der Waals surface area contributed by atoms with Crippen LogP contribution in [0.25, 0.3) is 0 Å². The second-order valence-electron chi connectivity index (χ2n) is 7.73. The van der Waals surface area contributed by atoms with Crippen LogP contribution in [0.4, 0.5) is 0 Å². The van der Waals surface area contributed by atoms with E-state index in [9.17, 15) is 19.5 Å². The van der Waals surface area contributed by atoms with Crippen LogP contribution in [-0.4, -0.2) is 65.1 Å². The standard InChI is InChI=1S/C24H28N2O6S/c1-4-15-20(32-13-21(28)31-5-2)9-8-16(22(15)29)19(27)12-26-10-14-6-7-17(24(25)33-3)23(30)18(14)11-26/h6-10,17-18,25,29H,4-5,11-13H2,1-3H3. The van der Waals surface area contributed by atoms with Crippen molar-refractivity contribution >= 4 is 34.3 Å². The van der Waals surface area contributed by atoms with Gasteiger partial charge in [0, 0.05) is 18.3 Å². The molecule has 0 saturated carbocycles. The molecule has 0 amide bonds. The van der Waals surface area contributed by atoms with Gasteiger partial charge in [0.25, 0.3) is 0 Å². The summed E-state index contributed by atoms with van der Waals surface area (Å²) in [5.41, 5.74) is 1.43. The molecule has 0 aromatic heterocycles. The number of ether oxygens (including phenoxy) is 2. The van der Waals surface area contributed by atoms with Crippen LogP contribution in [0.5, 0.6) is 11.5 Å². The molecule has 176 valence electrons. The van der Waals surface area contributed by atoms with E-state index in [2.05, 4.69) is 0 Å². The number of thioether (sulfide) groups is 1. The molecule has 33 heavy (non-hydrogen) atoms. The molecule has 3 rings (SSSR count). The largest absolute Gasteiger partial charge is 0.507 e. The second kappa shape index (κ2) is 10.7. The van der Waals surface area contributed by atoms with E-state index in [0.717, 1.165) is 5.57 Å². The molecular formula is C24H28N2O6S. The number of ketones is 2. The first-order valence-corrected chi connectivity index (χ1v) is 12.0. The zero-order valence-electron chi connectivity index (χ0n) is 18.9. The number of carbonyl (C=O) groups excluding carboxylic acids is 3. The van der Waals surface area contributed by atoms with Gasteiger partial charge in [-0.25, -0.2) is 4.79 Å². The lowest BCUT2D eigenvalue weighted by atomic mass is 9.84. The highest BCUT2D eigenvalue weighted by molar-refractivity contribution is 8.13. The van der Waals surface area contributed by atoms with E-state index >= 15 is 0 Å². The predicted octanol–water partition coefficient (Wildman–Crippen LogP) is 2.99. The maximum absolute atomic E-state index is 13.0. The Kier molecular flexibility index (Phi) is 7.97. The van der Waals surface area contributed by atoms with Crippen LogP contribution in [0.2, 0.25) is 0 Å². The lowest BCUT2D eigenvalue weighted by Gasteiger charge is -2.23. The Morgan fingerprint density at radius 1 is 1.30 bits per heavy atom. The number of aromatic hydroxyl groups is 1. The molecule has 1 aromatic rings. The van der Waals surface area contributed by atoms with E-state index in [-0.39, 0.29) is 48.6 Å². The van der Waals surface area contributed by atoms with Crippen molar-refractivity contribution < 1.29 is 29.0 Å². The quantitative estimate of drug-likeness (QED) is 0.244. The van der Waals surface area contributed by atoms with Crippen LogP contribution in [0.3, 0.4) is 0 Å². The molecule has 1 aliphatic heterocycles. The molecule has 2 unspecified atom stereocenters. The van der Waals surface area contributed by atoms with Crippen molar-refractivity contribution in [3.63, 3.8) is 0 Å². The van der Waals surface area contributed by atoms with Gasteiger partial charge < -0.3 is 19.5 Å². The van der Waals surface area contributed by atoms with Gasteiger partial charge in [-0.1, -0.05) is 19.1 Å². The third-order valence-electron chi connectivity index (χ3n) is 5.68. The van der Waals surface area contributed by atoms with Crippen molar-refractivity contribution in [2.45, 2.75) is 20.3 Å². The van der Waals surface area contributed by atoms with Gasteiger partial charge in [-0.2, -0.15) is 0 Å². The third-order valence-corrected chi connectivity index (χ3v) is 6.37. The van der Waals surface area contributed by atoms with Crippen molar-refractivity contribution in [2.24, 2.45) is 11.8 Å². The topological polar surface area (TPSA) is 117 Å². The Bertz CT molecular complexity index is 1030. The lowest BCUT2D eigenvalue weighted by molar-refractivity contribution is -0.145. The van der Waals surface area contributed by atoms with Crippen LogP contribution in [0.15, 0.2) is 36.1 Å². The average molecular weight is 473 g/mol. The zero-order chi connectivity index (χ0) is 24.1. The number of carbonyl (C=O) groups is 3. The number of nitrogens with zero attached hydrogens (tertiary/aromatic N) is 1. The molecular weight excluding hydrogens is 444 g/mol. The fraction of sp³-hybridized carbons (Fsp3) is 0.417. The number of hydrogen-bond donors (Lipinski definition) is 2. The Labute approximate surface area is 197 Å². The monoisotopic (exact) mass is 472 g/mol. The number of nitrogens with one attached hydrogen (secondary N) is 1. The molecule has 0 spiro atoms. The van der Waals surface area contributed by atoms with Gasteiger partial charge in [0.15, 0.2) is 18.2 Å². The lowest BCUT2D eigenvalue weighted by Crippen LogP contribution is -2.34. The van der Waals surface area contributed by atoms with Gasteiger partial charge in [0.2, 0.25) is 0 Å². The summed E-state index contributed by atoms with van der Waals surface area (Å²) in [5.74, 6) is -1.57. The van der Waals surface area contributed by atoms with Crippen molar-refractivity contribution in [1.82, 2.24) is 4.90 Å². The summed E-state index contributed by atoms with van der Waals surface area (Å²) >= 11 is 1.25. The van der Waals surface area contributed by atoms with Gasteiger partial charge in [0.1, 0.15) is 11.5 Å². The summed E-state index contributed by atoms with van der Waals surface area (Å²) in [6, 6.07) is 3.05. The van der Waals surface area contributed by atoms with Gasteiger partial charge in [0.05, 0.1) is 35.6 Å². The minimum atomic E-state index is -0.531. The number of Topliss-reactive ketones (excluding diaryl/α,β-unsaturated/α-hetero) is 2. The molecule has 0 radical (unpaired) electrons. The number of benzene rings is 1. The number of esters is 1. The number of phenols is 1. The van der Waals surface area contributed by atoms with Crippen molar-refractivity contribution in [2.75, 3.05) is 32.6 Å². The number of hydrogen-bond acceptors (Lipinski definition) is 9. The average Bonchev–Trinajstić information content (AvgIpc) is 3.21. The Morgan fingerprint density at radius 2 is 2.06 bits per heavy atom. The van der Waals surface area contributed by atoms with Crippen molar-refractivity contribution in [3.8, 4) is 11.5 Å². The van der Waals surface area contributed by atoms with Crippen molar-refractivity contribution in [3.05, 3.63) is 47.2 Å². The van der Waals surface area contributed by atoms with Gasteiger partial charge in [-0.3, -0.25) is 15.0 Å². The molecule has 1 aromatic carbocycles. The highest BCUT2D eigenvalue weighted by Gasteiger charge is 2.38. The SMILES string of the molecule is CCOC(=O)COc1ccc(C(=O)CN2C=C3C=CC(C(=N)SC)C(=O)C3C2)c(O)c1CC. The van der Waals surface area contributed by atoms with Gasteiger partial charge in [-0.05, 0) is 37.3 Å². The summed E-state index contributed by atoms with van der Waals surface area (Å²) in [5, 5.41) is 19.0. The second-order valence-corrected chi connectivity index (χ2v) is 8.58. The molecule has 2 N–H and O–H groups in total. The van der Waals surface area contributed by atoms with Crippen molar-refractivity contribution in [1.29, 1.82) is 5.41 Å². The van der Waals surface area contributed by atoms with E-state index in [1.807, 2.05) is 13.0 Å². The zero-order valence-corrected chi connectivity index (χ0v) is 19.7. The number of allylic oxidation sites excluding steroid dienone is 2. The minimum Gasteiger partial charge on any atom is -0.507 e. The highest BCUT2D eigenvalue weighted by Crippen LogP contribution is 2.35. The number of fused-ring (bicyclic) bond motifs is 1. The summed E-state index contributed by atoms with van der Waals surface area (Å²) in [6.45, 7) is 3.85. The molecule has 1 heterocycles. The first-order valence-electron chi connectivity index (χ1n) is 10.8. The summed E-state index contributed by atoms with van der Waals surface area (Å²) in [4.78, 5) is 39.1. The van der Waals surface area contributed by atoms with Crippen LogP contribution >= 0.6 is 11.8 Å². The van der Waals surface area contributed by atoms with Crippen LogP contribution < -0.4 is 4.74 Å². The third kappa shape index (κ3) is 5.30. The minimum absolute atomic E-state index is 0.00546. The van der Waals surface area contributed by atoms with Gasteiger partial charge >= 0.3 is 5.97 Å². The normalized spacial score (nSPS) is 19.2. The Morgan fingerprint density at radius 3 is 2.73 bits per heavy atom. The van der Waals surface area contributed by atoms with E-state index in [4.69, 9.17) is 14.9 Å². The Balaban J connectivity index is 1.70. The van der Waals surface area contributed by atoms with E-state index < -0.39 is 11.9 Å².